The van der Waals surface area contributed by atoms with Crippen LogP contribution < -0.4 is 0 Å². The molecule has 0 amide bonds. The lowest BCUT2D eigenvalue weighted by molar-refractivity contribution is -0.142. The third-order valence-electron chi connectivity index (χ3n) is 3.50. The van der Waals surface area contributed by atoms with Gasteiger partial charge in [-0.25, -0.2) is 0 Å². The second-order valence-corrected chi connectivity index (χ2v) is 11.4. The van der Waals surface area contributed by atoms with Crippen LogP contribution in [0.4, 0.5) is 0 Å². The van der Waals surface area contributed by atoms with E-state index in [1.54, 1.807) is 0 Å². The zero-order valence-corrected chi connectivity index (χ0v) is 15.6. The van der Waals surface area contributed by atoms with Gasteiger partial charge in [0.05, 0.1) is 19.6 Å². The van der Waals surface area contributed by atoms with E-state index in [1.165, 1.54) is 7.11 Å². The number of hydrogen-bond donors (Lipinski definition) is 0. The van der Waals surface area contributed by atoms with Crippen LogP contribution in [0, 0.1) is 0 Å². The van der Waals surface area contributed by atoms with E-state index in [4.69, 9.17) is 9.16 Å². The highest BCUT2D eigenvalue weighted by Gasteiger charge is 2.39. The number of esters is 1. The summed E-state index contributed by atoms with van der Waals surface area (Å²) in [6.45, 7) is 13.0. The molecular formula is C13H25IO3Si. The maximum atomic E-state index is 11.5. The molecular weight excluding hydrogens is 359 g/mol. The van der Waals surface area contributed by atoms with Crippen LogP contribution in [0.15, 0.2) is 9.66 Å². The third kappa shape index (κ3) is 5.40. The Balaban J connectivity index is 4.97. The summed E-state index contributed by atoms with van der Waals surface area (Å²) in [6, 6.07) is 0. The molecule has 0 spiro atoms. The topological polar surface area (TPSA) is 35.5 Å². The van der Waals surface area contributed by atoms with E-state index in [0.717, 1.165) is 5.57 Å². The van der Waals surface area contributed by atoms with Crippen molar-refractivity contribution in [2.24, 2.45) is 0 Å². The first-order valence-electron chi connectivity index (χ1n) is 6.06. The summed E-state index contributed by atoms with van der Waals surface area (Å²) in [5.41, 5.74) is 1.07. The average Bonchev–Trinajstić information content (AvgIpc) is 2.24. The molecule has 0 aromatic rings. The molecule has 3 nitrogen and oxygen atoms in total. The van der Waals surface area contributed by atoms with Gasteiger partial charge in [0.1, 0.15) is 0 Å². The molecule has 1 atom stereocenters. The van der Waals surface area contributed by atoms with Crippen molar-refractivity contribution in [2.45, 2.75) is 58.4 Å². The Morgan fingerprint density at radius 1 is 1.39 bits per heavy atom. The number of ether oxygens (including phenoxy) is 1. The third-order valence-corrected chi connectivity index (χ3v) is 8.97. The fourth-order valence-electron chi connectivity index (χ4n) is 1.13. The summed E-state index contributed by atoms with van der Waals surface area (Å²) in [5.74, 6) is -0.226. The van der Waals surface area contributed by atoms with E-state index < -0.39 is 8.32 Å². The lowest BCUT2D eigenvalue weighted by Gasteiger charge is -2.39. The van der Waals surface area contributed by atoms with Crippen LogP contribution in [0.2, 0.25) is 18.1 Å². The Bertz CT molecular complexity index is 319. The van der Waals surface area contributed by atoms with Crippen molar-refractivity contribution >= 4 is 36.9 Å². The van der Waals surface area contributed by atoms with Gasteiger partial charge in [-0.1, -0.05) is 43.4 Å². The lowest BCUT2D eigenvalue weighted by Crippen LogP contribution is -2.44. The maximum absolute atomic E-state index is 11.5. The van der Waals surface area contributed by atoms with Gasteiger partial charge in [-0.05, 0) is 34.7 Å². The summed E-state index contributed by atoms with van der Waals surface area (Å²) < 4.78 is 13.0. The molecule has 0 unspecified atom stereocenters. The average molecular weight is 384 g/mol. The van der Waals surface area contributed by atoms with Gasteiger partial charge in [-0.3, -0.25) is 4.79 Å². The number of carbonyl (C=O) groups excluding carboxylic acids is 1. The minimum atomic E-state index is -1.88. The first kappa shape index (κ1) is 18.1. The molecule has 0 aromatic carbocycles. The van der Waals surface area contributed by atoms with Crippen LogP contribution in [-0.2, 0) is 14.0 Å². The summed E-state index contributed by atoms with van der Waals surface area (Å²) in [4.78, 5) is 11.5. The van der Waals surface area contributed by atoms with Crippen LogP contribution in [0.3, 0.4) is 0 Å². The molecule has 0 heterocycles. The van der Waals surface area contributed by atoms with Crippen LogP contribution in [0.5, 0.6) is 0 Å². The van der Waals surface area contributed by atoms with Crippen LogP contribution in [0.1, 0.15) is 34.1 Å². The minimum absolute atomic E-state index is 0.132. The summed E-state index contributed by atoms with van der Waals surface area (Å²) >= 11 is 2.18. The van der Waals surface area contributed by atoms with Crippen LogP contribution >= 0.6 is 22.6 Å². The molecule has 0 aliphatic rings. The van der Waals surface area contributed by atoms with Gasteiger partial charge in [0.15, 0.2) is 8.32 Å². The molecule has 0 aliphatic heterocycles. The summed E-state index contributed by atoms with van der Waals surface area (Å²) in [5, 5.41) is 0.132. The Hall–Kier alpha value is 0.117. The molecule has 0 rings (SSSR count). The highest BCUT2D eigenvalue weighted by molar-refractivity contribution is 14.1. The van der Waals surface area contributed by atoms with E-state index in [1.807, 2.05) is 11.0 Å². The van der Waals surface area contributed by atoms with Crippen molar-refractivity contribution in [3.8, 4) is 0 Å². The fraction of sp³-hybridized carbons (Fsp3) is 0.769. The zero-order chi connectivity index (χ0) is 14.6. The number of halogens is 1. The predicted octanol–water partition coefficient (Wildman–Crippen LogP) is 4.28. The molecule has 0 bridgehead atoms. The quantitative estimate of drug-likeness (QED) is 0.403. The fourth-order valence-corrected chi connectivity index (χ4v) is 2.87. The normalized spacial score (nSPS) is 15.4. The van der Waals surface area contributed by atoms with Gasteiger partial charge >= 0.3 is 5.97 Å². The molecule has 0 saturated heterocycles. The molecule has 5 heteroatoms. The largest absolute Gasteiger partial charge is 0.469 e. The SMILES string of the molecule is COC(=O)C[C@H](O[Si](C)(C)C(C)(C)C)/C(C)=C/I. The van der Waals surface area contributed by atoms with Gasteiger partial charge in [-0.15, -0.1) is 0 Å². The van der Waals surface area contributed by atoms with Gasteiger partial charge in [-0.2, -0.15) is 0 Å². The molecule has 106 valence electrons. The minimum Gasteiger partial charge on any atom is -0.469 e. The van der Waals surface area contributed by atoms with Gasteiger partial charge < -0.3 is 9.16 Å². The first-order chi connectivity index (χ1) is 8.05. The molecule has 0 aliphatic carbocycles. The standard InChI is InChI=1S/C13H25IO3Si/c1-10(9-14)11(8-12(15)16-5)17-18(6,7)13(2,3)4/h9,11H,8H2,1-7H3/b10-9+/t11-/m0/s1. The van der Waals surface area contributed by atoms with E-state index in [-0.39, 0.29) is 23.5 Å². The first-order valence-corrected chi connectivity index (χ1v) is 10.2. The molecule has 18 heavy (non-hydrogen) atoms. The smallest absolute Gasteiger partial charge is 0.308 e. The Morgan fingerprint density at radius 2 is 1.89 bits per heavy atom. The van der Waals surface area contributed by atoms with E-state index in [2.05, 4.69) is 56.5 Å². The maximum Gasteiger partial charge on any atom is 0.308 e. The molecule has 0 N–H and O–H groups in total. The van der Waals surface area contributed by atoms with Gasteiger partial charge in [0, 0.05) is 0 Å². The molecule has 0 radical (unpaired) electrons. The van der Waals surface area contributed by atoms with Crippen molar-refractivity contribution in [2.75, 3.05) is 7.11 Å². The highest BCUT2D eigenvalue weighted by Crippen LogP contribution is 2.38. The Kier molecular flexibility index (Phi) is 7.09. The molecule has 0 saturated carbocycles. The number of methoxy groups -OCH3 is 1. The van der Waals surface area contributed by atoms with Gasteiger partial charge in [0.25, 0.3) is 0 Å². The van der Waals surface area contributed by atoms with Crippen LogP contribution in [-0.4, -0.2) is 27.5 Å². The van der Waals surface area contributed by atoms with Gasteiger partial charge in [0.2, 0.25) is 0 Å². The summed E-state index contributed by atoms with van der Waals surface area (Å²) in [7, 11) is -0.467. The van der Waals surface area contributed by atoms with Crippen molar-refractivity contribution in [1.29, 1.82) is 0 Å². The second-order valence-electron chi connectivity index (χ2n) is 6.00. The monoisotopic (exact) mass is 384 g/mol. The predicted molar refractivity (Wildman–Crippen MR) is 86.5 cm³/mol. The Morgan fingerprint density at radius 3 is 2.22 bits per heavy atom. The number of carbonyl (C=O) groups is 1. The lowest BCUT2D eigenvalue weighted by atomic mass is 10.1. The van der Waals surface area contributed by atoms with E-state index >= 15 is 0 Å². The highest BCUT2D eigenvalue weighted by atomic mass is 127. The number of hydrogen-bond acceptors (Lipinski definition) is 3. The van der Waals surface area contributed by atoms with Crippen molar-refractivity contribution in [1.82, 2.24) is 0 Å². The molecule has 0 aromatic heterocycles. The second kappa shape index (κ2) is 7.05. The van der Waals surface area contributed by atoms with Crippen molar-refractivity contribution in [3.63, 3.8) is 0 Å². The van der Waals surface area contributed by atoms with E-state index in [9.17, 15) is 4.79 Å². The summed E-state index contributed by atoms with van der Waals surface area (Å²) in [6.07, 6.45) is 0.115. The van der Waals surface area contributed by atoms with Crippen molar-refractivity contribution in [3.05, 3.63) is 9.66 Å². The van der Waals surface area contributed by atoms with Crippen molar-refractivity contribution < 1.29 is 14.0 Å². The zero-order valence-electron chi connectivity index (χ0n) is 12.5. The number of rotatable bonds is 5. The Labute approximate surface area is 126 Å². The molecule has 0 fully saturated rings. The van der Waals surface area contributed by atoms with Crippen LogP contribution in [0.25, 0.3) is 0 Å². The van der Waals surface area contributed by atoms with E-state index in [0.29, 0.717) is 0 Å².